The molecule has 0 spiro atoms. The molecule has 0 aliphatic heterocycles. The van der Waals surface area contributed by atoms with E-state index in [1.54, 1.807) is 13.8 Å². The van der Waals surface area contributed by atoms with E-state index in [0.29, 0.717) is 9.36 Å². The smallest absolute Gasteiger partial charge is 0.377 e. The van der Waals surface area contributed by atoms with Crippen LogP contribution in [0.3, 0.4) is 0 Å². The number of aromatic carboxylic acids is 1. The molecule has 11 nitrogen and oxygen atoms in total. The number of amides is 1. The number of para-hydroxylation sites is 1. The van der Waals surface area contributed by atoms with Crippen LogP contribution in [0.5, 0.6) is 11.5 Å². The van der Waals surface area contributed by atoms with Crippen molar-refractivity contribution in [3.8, 4) is 17.2 Å². The molecule has 0 aliphatic rings. The molecule has 2 aromatic carbocycles. The Morgan fingerprint density at radius 1 is 1.09 bits per heavy atom. The number of carbonyl (C=O) groups excluding carboxylic acids is 1. The third kappa shape index (κ3) is 3.89. The zero-order valence-corrected chi connectivity index (χ0v) is 17.6. The molecule has 1 aromatic heterocycles. The molecule has 168 valence electrons. The summed E-state index contributed by atoms with van der Waals surface area (Å²) < 4.78 is 25.6. The Balaban J connectivity index is 2.10. The summed E-state index contributed by atoms with van der Waals surface area (Å²) in [7, 11) is 2.62. The molecular formula is C20H20FN5O6. The average molecular weight is 445 g/mol. The molecule has 0 saturated heterocycles. The number of carboxylic acid groups (broad SMARTS) is 1. The van der Waals surface area contributed by atoms with Gasteiger partial charge in [0.25, 0.3) is 0 Å². The van der Waals surface area contributed by atoms with Crippen LogP contribution in [0.1, 0.15) is 24.2 Å². The lowest BCUT2D eigenvalue weighted by Crippen LogP contribution is -2.44. The van der Waals surface area contributed by atoms with Crippen molar-refractivity contribution >= 4 is 17.7 Å². The van der Waals surface area contributed by atoms with Crippen LogP contribution >= 0.6 is 0 Å². The van der Waals surface area contributed by atoms with Crippen molar-refractivity contribution in [2.45, 2.75) is 19.9 Å². The number of tetrazole rings is 1. The molecule has 12 heteroatoms. The van der Waals surface area contributed by atoms with Gasteiger partial charge < -0.3 is 14.6 Å². The van der Waals surface area contributed by atoms with Crippen LogP contribution in [0, 0.1) is 5.82 Å². The van der Waals surface area contributed by atoms with E-state index < -0.39 is 29.5 Å². The number of aromatic nitrogens is 4. The van der Waals surface area contributed by atoms with E-state index in [1.807, 2.05) is 0 Å². The Hall–Kier alpha value is -4.22. The van der Waals surface area contributed by atoms with Gasteiger partial charge in [-0.05, 0) is 54.6 Å². The summed E-state index contributed by atoms with van der Waals surface area (Å²) in [6, 6.07) is 6.62. The zero-order valence-electron chi connectivity index (χ0n) is 17.6. The third-order valence-corrected chi connectivity index (χ3v) is 4.56. The second kappa shape index (κ2) is 8.88. The number of anilines is 1. The summed E-state index contributed by atoms with van der Waals surface area (Å²) in [5.41, 5.74) is -1.31. The van der Waals surface area contributed by atoms with Gasteiger partial charge in [0.15, 0.2) is 5.82 Å². The van der Waals surface area contributed by atoms with Gasteiger partial charge in [-0.2, -0.15) is 4.68 Å². The van der Waals surface area contributed by atoms with Gasteiger partial charge >= 0.3 is 17.7 Å². The van der Waals surface area contributed by atoms with Crippen molar-refractivity contribution in [3.05, 3.63) is 58.3 Å². The number of hydrogen-bond donors (Lipinski definition) is 1. The number of carbonyl (C=O) groups is 2. The molecule has 0 aliphatic carbocycles. The minimum atomic E-state index is -1.25. The van der Waals surface area contributed by atoms with Gasteiger partial charge in [-0.1, -0.05) is 6.07 Å². The van der Waals surface area contributed by atoms with Crippen LogP contribution in [0.4, 0.5) is 14.9 Å². The van der Waals surface area contributed by atoms with Gasteiger partial charge in [-0.25, -0.2) is 18.8 Å². The maximum absolute atomic E-state index is 14.4. The predicted octanol–water partition coefficient (Wildman–Crippen LogP) is 2.17. The van der Waals surface area contributed by atoms with E-state index >= 15 is 0 Å². The quantitative estimate of drug-likeness (QED) is 0.572. The summed E-state index contributed by atoms with van der Waals surface area (Å²) in [4.78, 5) is 38.8. The summed E-state index contributed by atoms with van der Waals surface area (Å²) in [5.74, 6) is -1.93. The fourth-order valence-electron chi connectivity index (χ4n) is 3.12. The molecule has 1 amide bonds. The molecular weight excluding hydrogens is 425 g/mol. The minimum absolute atomic E-state index is 0.0218. The van der Waals surface area contributed by atoms with Crippen LogP contribution in [0.25, 0.3) is 5.69 Å². The highest BCUT2D eigenvalue weighted by Gasteiger charge is 2.28. The third-order valence-electron chi connectivity index (χ3n) is 4.56. The Kier molecular flexibility index (Phi) is 6.23. The van der Waals surface area contributed by atoms with Crippen LogP contribution in [0.2, 0.25) is 0 Å². The first-order valence-corrected chi connectivity index (χ1v) is 9.34. The number of nitrogens with zero attached hydrogens (tertiary/aromatic N) is 5. The second-order valence-corrected chi connectivity index (χ2v) is 6.81. The van der Waals surface area contributed by atoms with Crippen LogP contribution in [0.15, 0.2) is 41.2 Å². The Morgan fingerprint density at radius 3 is 2.38 bits per heavy atom. The molecule has 0 radical (unpaired) electrons. The number of ether oxygens (including phenoxy) is 2. The van der Waals surface area contributed by atoms with Gasteiger partial charge in [-0.3, -0.25) is 4.90 Å². The van der Waals surface area contributed by atoms with Gasteiger partial charge in [0.1, 0.15) is 22.7 Å². The van der Waals surface area contributed by atoms with Crippen molar-refractivity contribution in [2.75, 3.05) is 19.1 Å². The normalized spacial score (nSPS) is 10.8. The maximum atomic E-state index is 14.4. The fourth-order valence-corrected chi connectivity index (χ4v) is 3.12. The summed E-state index contributed by atoms with van der Waals surface area (Å²) in [6.07, 6.45) is 0. The Morgan fingerprint density at radius 2 is 1.78 bits per heavy atom. The SMILES string of the molecule is COc1ccc(N(C(=O)n2nnn(-c3c(F)cccc3OC)c2=O)C(C)C)cc1C(=O)O. The maximum Gasteiger partial charge on any atom is 0.377 e. The monoisotopic (exact) mass is 445 g/mol. The average Bonchev–Trinajstić information content (AvgIpc) is 3.13. The Labute approximate surface area is 181 Å². The lowest BCUT2D eigenvalue weighted by molar-refractivity contribution is 0.0693. The van der Waals surface area contributed by atoms with Crippen molar-refractivity contribution in [2.24, 2.45) is 0 Å². The molecule has 0 unspecified atom stereocenters. The van der Waals surface area contributed by atoms with Crippen LogP contribution in [-0.2, 0) is 0 Å². The van der Waals surface area contributed by atoms with Gasteiger partial charge in [0.2, 0.25) is 0 Å². The number of carboxylic acids is 1. The predicted molar refractivity (Wildman–Crippen MR) is 110 cm³/mol. The fraction of sp³-hybridized carbons (Fsp3) is 0.250. The molecule has 0 fully saturated rings. The van der Waals surface area contributed by atoms with E-state index in [-0.39, 0.29) is 28.4 Å². The van der Waals surface area contributed by atoms with Crippen molar-refractivity contribution in [1.82, 2.24) is 19.8 Å². The zero-order chi connectivity index (χ0) is 23.6. The first-order valence-electron chi connectivity index (χ1n) is 9.34. The van der Waals surface area contributed by atoms with Gasteiger partial charge in [0, 0.05) is 11.7 Å². The number of hydrogen-bond acceptors (Lipinski definition) is 7. The first kappa shape index (κ1) is 22.5. The van der Waals surface area contributed by atoms with E-state index in [9.17, 15) is 23.9 Å². The minimum Gasteiger partial charge on any atom is -0.496 e. The van der Waals surface area contributed by atoms with E-state index in [4.69, 9.17) is 9.47 Å². The molecule has 32 heavy (non-hydrogen) atoms. The standard InChI is InChI=1S/C20H20FN5O6/c1-11(2)24(12-8-9-15(31-3)13(10-12)18(27)28)19(29)26-20(30)25(22-23-26)17-14(21)6-5-7-16(17)32-4/h5-11H,1-4H3,(H,27,28). The highest BCUT2D eigenvalue weighted by atomic mass is 19.1. The van der Waals surface area contributed by atoms with Gasteiger partial charge in [0.05, 0.1) is 14.2 Å². The van der Waals surface area contributed by atoms with Crippen molar-refractivity contribution in [3.63, 3.8) is 0 Å². The summed E-state index contributed by atoms with van der Waals surface area (Å²) in [5, 5.41) is 16.6. The van der Waals surface area contributed by atoms with E-state index in [0.717, 1.165) is 11.0 Å². The molecule has 0 atom stereocenters. The van der Waals surface area contributed by atoms with E-state index in [1.165, 1.54) is 44.6 Å². The second-order valence-electron chi connectivity index (χ2n) is 6.81. The molecule has 1 heterocycles. The number of rotatable bonds is 6. The summed E-state index contributed by atoms with van der Waals surface area (Å²) in [6.45, 7) is 3.33. The largest absolute Gasteiger partial charge is 0.496 e. The molecule has 3 rings (SSSR count). The lowest BCUT2D eigenvalue weighted by Gasteiger charge is -2.26. The number of halogens is 1. The van der Waals surface area contributed by atoms with E-state index in [2.05, 4.69) is 10.4 Å². The molecule has 0 saturated carbocycles. The topological polar surface area (TPSA) is 129 Å². The highest BCUT2D eigenvalue weighted by Crippen LogP contribution is 2.27. The summed E-state index contributed by atoms with van der Waals surface area (Å²) >= 11 is 0. The van der Waals surface area contributed by atoms with Crippen LogP contribution < -0.4 is 20.1 Å². The molecule has 0 bridgehead atoms. The van der Waals surface area contributed by atoms with Crippen molar-refractivity contribution in [1.29, 1.82) is 0 Å². The number of benzene rings is 2. The Bertz CT molecular complexity index is 1240. The van der Waals surface area contributed by atoms with Gasteiger partial charge in [-0.15, -0.1) is 4.68 Å². The first-order chi connectivity index (χ1) is 15.2. The molecule has 3 aromatic rings. The lowest BCUT2D eigenvalue weighted by atomic mass is 10.1. The van der Waals surface area contributed by atoms with Crippen LogP contribution in [-0.4, -0.2) is 57.2 Å². The highest BCUT2D eigenvalue weighted by molar-refractivity contribution is 5.97. The number of methoxy groups -OCH3 is 2. The van der Waals surface area contributed by atoms with Crippen molar-refractivity contribution < 1.29 is 28.6 Å². The molecule has 1 N–H and O–H groups in total.